The fraction of sp³-hybridized carbons (Fsp3) is 0.176. The summed E-state index contributed by atoms with van der Waals surface area (Å²) in [6.07, 6.45) is 1.74. The van der Waals surface area contributed by atoms with E-state index >= 15 is 0 Å². The van der Waals surface area contributed by atoms with E-state index in [-0.39, 0.29) is 0 Å². The zero-order valence-corrected chi connectivity index (χ0v) is 11.3. The number of rotatable bonds is 3. The molecular weight excluding hydrogens is 250 g/mol. The Morgan fingerprint density at radius 2 is 2.00 bits per heavy atom. The quantitative estimate of drug-likeness (QED) is 0.727. The summed E-state index contributed by atoms with van der Waals surface area (Å²) in [5.41, 5.74) is 1.94. The summed E-state index contributed by atoms with van der Waals surface area (Å²) in [5.74, 6) is -0.897. The second-order valence-corrected chi connectivity index (χ2v) is 4.90. The van der Waals surface area contributed by atoms with Crippen molar-refractivity contribution in [2.75, 3.05) is 0 Å². The molecule has 100 valence electrons. The van der Waals surface area contributed by atoms with E-state index in [4.69, 9.17) is 0 Å². The first-order valence-corrected chi connectivity index (χ1v) is 6.75. The molecule has 2 aromatic carbocycles. The Bertz CT molecular complexity index is 809. The van der Waals surface area contributed by atoms with Gasteiger partial charge in [0, 0.05) is 11.1 Å². The molecule has 0 aliphatic heterocycles. The second kappa shape index (κ2) is 4.93. The van der Waals surface area contributed by atoms with Crippen LogP contribution < -0.4 is 0 Å². The lowest BCUT2D eigenvalue weighted by molar-refractivity contribution is 0.0699. The molecule has 1 heterocycles. The summed E-state index contributed by atoms with van der Waals surface area (Å²) in [5, 5.41) is 12.2. The Balaban J connectivity index is 2.44. The first-order valence-electron chi connectivity index (χ1n) is 6.75. The predicted molar refractivity (Wildman–Crippen MR) is 80.2 cm³/mol. The number of hydrogen-bond donors (Lipinski definition) is 1. The summed E-state index contributed by atoms with van der Waals surface area (Å²) in [7, 11) is 0. The Morgan fingerprint density at radius 1 is 1.20 bits per heavy atom. The Hall–Kier alpha value is -2.42. The smallest absolute Gasteiger partial charge is 0.336 e. The minimum Gasteiger partial charge on any atom is -0.478 e. The fourth-order valence-electron chi connectivity index (χ4n) is 2.61. The van der Waals surface area contributed by atoms with Gasteiger partial charge >= 0.3 is 5.97 Å². The minimum absolute atomic E-state index is 0.343. The van der Waals surface area contributed by atoms with Crippen LogP contribution in [-0.4, -0.2) is 16.1 Å². The van der Waals surface area contributed by atoms with Crippen molar-refractivity contribution in [2.45, 2.75) is 19.8 Å². The summed E-state index contributed by atoms with van der Waals surface area (Å²) in [6.45, 7) is 2.06. The van der Waals surface area contributed by atoms with Gasteiger partial charge in [-0.05, 0) is 29.3 Å². The molecule has 1 N–H and O–H groups in total. The first kappa shape index (κ1) is 12.6. The number of fused-ring (bicyclic) bond motifs is 3. The number of benzene rings is 2. The molecule has 3 rings (SSSR count). The third-order valence-electron chi connectivity index (χ3n) is 3.49. The molecule has 0 amide bonds. The van der Waals surface area contributed by atoms with Crippen LogP contribution >= 0.6 is 0 Å². The van der Waals surface area contributed by atoms with E-state index in [0.717, 1.165) is 40.2 Å². The van der Waals surface area contributed by atoms with Crippen molar-refractivity contribution in [1.82, 2.24) is 4.98 Å². The van der Waals surface area contributed by atoms with Crippen LogP contribution in [0.4, 0.5) is 0 Å². The molecule has 3 heteroatoms. The maximum absolute atomic E-state index is 11.6. The van der Waals surface area contributed by atoms with Crippen LogP contribution in [0.15, 0.2) is 42.5 Å². The van der Waals surface area contributed by atoms with Gasteiger partial charge in [0.1, 0.15) is 0 Å². The highest BCUT2D eigenvalue weighted by Gasteiger charge is 2.14. The zero-order valence-electron chi connectivity index (χ0n) is 11.3. The van der Waals surface area contributed by atoms with Crippen LogP contribution in [0.5, 0.6) is 0 Å². The lowest BCUT2D eigenvalue weighted by atomic mass is 9.99. The van der Waals surface area contributed by atoms with Crippen molar-refractivity contribution in [3.63, 3.8) is 0 Å². The molecular formula is C17H15NO2. The van der Waals surface area contributed by atoms with E-state index in [1.165, 1.54) is 0 Å². The van der Waals surface area contributed by atoms with Crippen molar-refractivity contribution in [3.05, 3.63) is 53.7 Å². The number of carbonyl (C=O) groups is 1. The van der Waals surface area contributed by atoms with Crippen molar-refractivity contribution >= 4 is 27.6 Å². The summed E-state index contributed by atoms with van der Waals surface area (Å²) in [4.78, 5) is 16.2. The predicted octanol–water partition coefficient (Wildman–Crippen LogP) is 4.04. The van der Waals surface area contributed by atoms with E-state index in [1.807, 2.05) is 36.4 Å². The Morgan fingerprint density at radius 3 is 2.75 bits per heavy atom. The molecule has 0 aliphatic carbocycles. The highest BCUT2D eigenvalue weighted by molar-refractivity contribution is 6.15. The van der Waals surface area contributed by atoms with E-state index in [9.17, 15) is 9.90 Å². The van der Waals surface area contributed by atoms with Gasteiger partial charge in [-0.15, -0.1) is 0 Å². The summed E-state index contributed by atoms with van der Waals surface area (Å²) in [6, 6.07) is 13.4. The van der Waals surface area contributed by atoms with Crippen molar-refractivity contribution < 1.29 is 9.90 Å². The van der Waals surface area contributed by atoms with Gasteiger partial charge < -0.3 is 5.11 Å². The number of pyridine rings is 1. The van der Waals surface area contributed by atoms with Gasteiger partial charge in [-0.2, -0.15) is 0 Å². The van der Waals surface area contributed by atoms with Gasteiger partial charge in [-0.25, -0.2) is 4.79 Å². The molecule has 3 nitrogen and oxygen atoms in total. The molecule has 20 heavy (non-hydrogen) atoms. The van der Waals surface area contributed by atoms with Gasteiger partial charge in [0.15, 0.2) is 0 Å². The number of carboxylic acids is 1. The standard InChI is InChI=1S/C17H15NO2/c1-2-5-12-10-14(17(19)20)16-13-7-4-3-6-11(13)8-9-15(16)18-12/h3-4,6-10H,2,5H2,1H3,(H,19,20). The molecule has 0 radical (unpaired) electrons. The number of nitrogens with zero attached hydrogens (tertiary/aromatic N) is 1. The van der Waals surface area contributed by atoms with Crippen LogP contribution in [-0.2, 0) is 6.42 Å². The van der Waals surface area contributed by atoms with Crippen LogP contribution in [0.2, 0.25) is 0 Å². The number of carboxylic acid groups (broad SMARTS) is 1. The SMILES string of the molecule is CCCc1cc(C(=O)O)c2c(ccc3ccccc32)n1. The highest BCUT2D eigenvalue weighted by Crippen LogP contribution is 2.28. The van der Waals surface area contributed by atoms with Gasteiger partial charge in [0.25, 0.3) is 0 Å². The average Bonchev–Trinajstić information content (AvgIpc) is 2.46. The van der Waals surface area contributed by atoms with E-state index < -0.39 is 5.97 Å². The third-order valence-corrected chi connectivity index (χ3v) is 3.49. The summed E-state index contributed by atoms with van der Waals surface area (Å²) < 4.78 is 0. The maximum atomic E-state index is 11.6. The fourth-order valence-corrected chi connectivity index (χ4v) is 2.61. The van der Waals surface area contributed by atoms with E-state index in [1.54, 1.807) is 6.07 Å². The average molecular weight is 265 g/mol. The number of aromatic carboxylic acids is 1. The lowest BCUT2D eigenvalue weighted by Gasteiger charge is -2.09. The lowest BCUT2D eigenvalue weighted by Crippen LogP contribution is -2.02. The molecule has 1 aromatic heterocycles. The molecule has 0 atom stereocenters. The molecule has 0 spiro atoms. The minimum atomic E-state index is -0.897. The van der Waals surface area contributed by atoms with E-state index in [0.29, 0.717) is 5.56 Å². The van der Waals surface area contributed by atoms with Gasteiger partial charge in [-0.3, -0.25) is 4.98 Å². The molecule has 0 aliphatic rings. The number of aryl methyl sites for hydroxylation is 1. The monoisotopic (exact) mass is 265 g/mol. The molecule has 3 aromatic rings. The van der Waals surface area contributed by atoms with Crippen LogP contribution in [0.1, 0.15) is 29.4 Å². The molecule has 0 saturated carbocycles. The molecule has 0 fully saturated rings. The Labute approximate surface area is 116 Å². The first-order chi connectivity index (χ1) is 9.70. The topological polar surface area (TPSA) is 50.2 Å². The van der Waals surface area contributed by atoms with Crippen molar-refractivity contribution in [3.8, 4) is 0 Å². The number of hydrogen-bond acceptors (Lipinski definition) is 2. The van der Waals surface area contributed by atoms with Crippen molar-refractivity contribution in [1.29, 1.82) is 0 Å². The highest BCUT2D eigenvalue weighted by atomic mass is 16.4. The Kier molecular flexibility index (Phi) is 3.11. The second-order valence-electron chi connectivity index (χ2n) is 4.90. The maximum Gasteiger partial charge on any atom is 0.336 e. The van der Waals surface area contributed by atoms with Crippen molar-refractivity contribution in [2.24, 2.45) is 0 Å². The van der Waals surface area contributed by atoms with Crippen LogP contribution in [0, 0.1) is 0 Å². The third kappa shape index (κ3) is 2.01. The van der Waals surface area contributed by atoms with Gasteiger partial charge in [-0.1, -0.05) is 43.7 Å². The number of aromatic nitrogens is 1. The van der Waals surface area contributed by atoms with Gasteiger partial charge in [0.2, 0.25) is 0 Å². The summed E-state index contributed by atoms with van der Waals surface area (Å²) >= 11 is 0. The van der Waals surface area contributed by atoms with E-state index in [2.05, 4.69) is 11.9 Å². The normalized spacial score (nSPS) is 11.1. The largest absolute Gasteiger partial charge is 0.478 e. The molecule has 0 bridgehead atoms. The van der Waals surface area contributed by atoms with Gasteiger partial charge in [0.05, 0.1) is 11.1 Å². The molecule has 0 unspecified atom stereocenters. The van der Waals surface area contributed by atoms with Crippen LogP contribution in [0.3, 0.4) is 0 Å². The van der Waals surface area contributed by atoms with Crippen LogP contribution in [0.25, 0.3) is 21.7 Å². The zero-order chi connectivity index (χ0) is 14.1. The molecule has 0 saturated heterocycles.